The molecule has 0 saturated heterocycles. The number of hydrogen-bond acceptors (Lipinski definition) is 3. The maximum atomic E-state index is 12.5. The first-order valence-electron chi connectivity index (χ1n) is 7.72. The van der Waals surface area contributed by atoms with Crippen LogP contribution in [0.1, 0.15) is 64.7 Å². The zero-order valence-corrected chi connectivity index (χ0v) is 12.3. The average molecular weight is 282 g/mol. The van der Waals surface area contributed by atoms with E-state index in [2.05, 4.69) is 5.32 Å². The van der Waals surface area contributed by atoms with Gasteiger partial charge >= 0.3 is 5.97 Å². The summed E-state index contributed by atoms with van der Waals surface area (Å²) in [4.78, 5) is 24.0. The number of rotatable bonds is 3. The molecule has 2 saturated carbocycles. The lowest BCUT2D eigenvalue weighted by Gasteiger charge is -2.41. The average Bonchev–Trinajstić information content (AvgIpc) is 2.42. The van der Waals surface area contributed by atoms with Gasteiger partial charge in [0.25, 0.3) is 0 Å². The Morgan fingerprint density at radius 2 is 1.70 bits per heavy atom. The number of nitrogens with two attached hydrogens (primary N) is 1. The Bertz CT molecular complexity index is 391. The molecule has 0 bridgehead atoms. The van der Waals surface area contributed by atoms with Gasteiger partial charge in [0.2, 0.25) is 5.91 Å². The lowest BCUT2D eigenvalue weighted by atomic mass is 9.71. The second-order valence-corrected chi connectivity index (χ2v) is 6.71. The molecular weight excluding hydrogens is 256 g/mol. The molecule has 1 amide bonds. The fourth-order valence-electron chi connectivity index (χ4n) is 3.53. The number of nitrogens with one attached hydrogen (secondary N) is 1. The molecule has 5 nitrogen and oxygen atoms in total. The topological polar surface area (TPSA) is 92.4 Å². The summed E-state index contributed by atoms with van der Waals surface area (Å²) in [6.07, 6.45) is 7.70. The Morgan fingerprint density at radius 1 is 1.10 bits per heavy atom. The molecule has 114 valence electrons. The highest BCUT2D eigenvalue weighted by Gasteiger charge is 2.46. The van der Waals surface area contributed by atoms with Crippen LogP contribution in [0.25, 0.3) is 0 Å². The Morgan fingerprint density at radius 3 is 2.30 bits per heavy atom. The zero-order chi connectivity index (χ0) is 14.8. The minimum atomic E-state index is -0.862. The molecular formula is C15H26N2O3. The monoisotopic (exact) mass is 282 g/mol. The van der Waals surface area contributed by atoms with E-state index in [4.69, 9.17) is 5.73 Å². The molecule has 2 atom stereocenters. The van der Waals surface area contributed by atoms with E-state index in [0.29, 0.717) is 19.3 Å². The van der Waals surface area contributed by atoms with Crippen LogP contribution in [0.3, 0.4) is 0 Å². The molecule has 0 aromatic carbocycles. The van der Waals surface area contributed by atoms with Gasteiger partial charge in [0.1, 0.15) is 0 Å². The van der Waals surface area contributed by atoms with Gasteiger partial charge in [-0.2, -0.15) is 0 Å². The molecule has 20 heavy (non-hydrogen) atoms. The molecule has 2 rings (SSSR count). The highest BCUT2D eigenvalue weighted by Crippen LogP contribution is 2.37. The highest BCUT2D eigenvalue weighted by atomic mass is 16.4. The van der Waals surface area contributed by atoms with Crippen LogP contribution >= 0.6 is 0 Å². The number of amides is 1. The van der Waals surface area contributed by atoms with Gasteiger partial charge in [-0.1, -0.05) is 32.1 Å². The van der Waals surface area contributed by atoms with Crippen molar-refractivity contribution in [2.24, 2.45) is 11.1 Å². The summed E-state index contributed by atoms with van der Waals surface area (Å²) in [6, 6.07) is -0.302. The highest BCUT2D eigenvalue weighted by molar-refractivity contribution is 5.87. The summed E-state index contributed by atoms with van der Waals surface area (Å²) in [6.45, 7) is 1.74. The van der Waals surface area contributed by atoms with E-state index in [1.54, 1.807) is 6.92 Å². The third kappa shape index (κ3) is 2.82. The molecule has 2 aliphatic rings. The van der Waals surface area contributed by atoms with Crippen molar-refractivity contribution in [1.29, 1.82) is 0 Å². The number of carbonyl (C=O) groups is 2. The van der Waals surface area contributed by atoms with Gasteiger partial charge < -0.3 is 16.2 Å². The van der Waals surface area contributed by atoms with Crippen LogP contribution in [-0.2, 0) is 9.59 Å². The molecule has 2 fully saturated rings. The van der Waals surface area contributed by atoms with Crippen molar-refractivity contribution < 1.29 is 14.7 Å². The number of carboxylic acids is 1. The smallest absolute Gasteiger partial charge is 0.311 e. The van der Waals surface area contributed by atoms with Gasteiger partial charge in [-0.15, -0.1) is 0 Å². The van der Waals surface area contributed by atoms with Crippen molar-refractivity contribution in [1.82, 2.24) is 5.32 Å². The molecule has 0 aliphatic heterocycles. The van der Waals surface area contributed by atoms with Crippen molar-refractivity contribution in [2.45, 2.75) is 76.3 Å². The standard InChI is InChI=1S/C15H26N2O3/c1-14(13(19)20)8-6-3-7-11(14)17-12(18)15(16)9-4-2-5-10-15/h11H,2-10,16H2,1H3,(H,17,18)(H,19,20). The van der Waals surface area contributed by atoms with Gasteiger partial charge in [0.15, 0.2) is 0 Å². The first-order chi connectivity index (χ1) is 9.38. The molecule has 0 radical (unpaired) electrons. The van der Waals surface area contributed by atoms with Crippen molar-refractivity contribution >= 4 is 11.9 Å². The fourth-order valence-corrected chi connectivity index (χ4v) is 3.53. The van der Waals surface area contributed by atoms with Crippen LogP contribution in [0.4, 0.5) is 0 Å². The van der Waals surface area contributed by atoms with Gasteiger partial charge in [-0.25, -0.2) is 0 Å². The predicted molar refractivity (Wildman–Crippen MR) is 76.1 cm³/mol. The number of carbonyl (C=O) groups excluding carboxylic acids is 1. The Kier molecular flexibility index (Phi) is 4.37. The van der Waals surface area contributed by atoms with Crippen LogP contribution in [0, 0.1) is 5.41 Å². The molecule has 0 heterocycles. The van der Waals surface area contributed by atoms with Crippen LogP contribution in [0.2, 0.25) is 0 Å². The minimum absolute atomic E-state index is 0.156. The molecule has 0 aromatic rings. The van der Waals surface area contributed by atoms with Crippen molar-refractivity contribution in [3.05, 3.63) is 0 Å². The minimum Gasteiger partial charge on any atom is -0.481 e. The Labute approximate surface area is 120 Å². The van der Waals surface area contributed by atoms with Gasteiger partial charge in [-0.05, 0) is 32.6 Å². The largest absolute Gasteiger partial charge is 0.481 e. The quantitative estimate of drug-likeness (QED) is 0.736. The maximum absolute atomic E-state index is 12.5. The Hall–Kier alpha value is -1.10. The SMILES string of the molecule is CC1(C(=O)O)CCCCC1NC(=O)C1(N)CCCCC1. The molecule has 4 N–H and O–H groups in total. The predicted octanol–water partition coefficient (Wildman–Crippen LogP) is 1.80. The van der Waals surface area contributed by atoms with Crippen molar-refractivity contribution in [3.63, 3.8) is 0 Å². The molecule has 2 unspecified atom stereocenters. The molecule has 0 spiro atoms. The summed E-state index contributed by atoms with van der Waals surface area (Å²) >= 11 is 0. The van der Waals surface area contributed by atoms with Crippen molar-refractivity contribution in [3.8, 4) is 0 Å². The Balaban J connectivity index is 2.07. The first-order valence-corrected chi connectivity index (χ1v) is 7.72. The maximum Gasteiger partial charge on any atom is 0.311 e. The van der Waals surface area contributed by atoms with E-state index in [1.165, 1.54) is 0 Å². The van der Waals surface area contributed by atoms with E-state index in [-0.39, 0.29) is 11.9 Å². The van der Waals surface area contributed by atoms with Gasteiger partial charge in [0.05, 0.1) is 11.0 Å². The zero-order valence-electron chi connectivity index (χ0n) is 12.3. The van der Waals surface area contributed by atoms with E-state index >= 15 is 0 Å². The summed E-state index contributed by atoms with van der Waals surface area (Å²) in [5, 5.41) is 12.4. The van der Waals surface area contributed by atoms with E-state index in [9.17, 15) is 14.7 Å². The van der Waals surface area contributed by atoms with Crippen LogP contribution in [0.15, 0.2) is 0 Å². The summed E-state index contributed by atoms with van der Waals surface area (Å²) < 4.78 is 0. The number of carboxylic acid groups (broad SMARTS) is 1. The molecule has 0 aromatic heterocycles. The molecule has 2 aliphatic carbocycles. The van der Waals surface area contributed by atoms with E-state index in [0.717, 1.165) is 38.5 Å². The summed E-state index contributed by atoms with van der Waals surface area (Å²) in [5.41, 5.74) is 4.57. The van der Waals surface area contributed by atoms with Crippen LogP contribution < -0.4 is 11.1 Å². The number of hydrogen-bond donors (Lipinski definition) is 3. The van der Waals surface area contributed by atoms with Crippen LogP contribution in [0.5, 0.6) is 0 Å². The summed E-state index contributed by atoms with van der Waals surface area (Å²) in [7, 11) is 0. The van der Waals surface area contributed by atoms with E-state index in [1.807, 2.05) is 0 Å². The third-order valence-electron chi connectivity index (χ3n) is 5.20. The van der Waals surface area contributed by atoms with Crippen LogP contribution in [-0.4, -0.2) is 28.6 Å². The van der Waals surface area contributed by atoms with Gasteiger partial charge in [0, 0.05) is 6.04 Å². The fraction of sp³-hybridized carbons (Fsp3) is 0.867. The number of aliphatic carboxylic acids is 1. The third-order valence-corrected chi connectivity index (χ3v) is 5.20. The summed E-state index contributed by atoms with van der Waals surface area (Å²) in [5.74, 6) is -0.978. The van der Waals surface area contributed by atoms with Gasteiger partial charge in [-0.3, -0.25) is 9.59 Å². The molecule has 5 heteroatoms. The normalized spacial score (nSPS) is 33.4. The lowest BCUT2D eigenvalue weighted by molar-refractivity contribution is -0.152. The van der Waals surface area contributed by atoms with Crippen molar-refractivity contribution in [2.75, 3.05) is 0 Å². The second kappa shape index (κ2) is 5.72. The second-order valence-electron chi connectivity index (χ2n) is 6.71. The first kappa shape index (κ1) is 15.3. The lowest BCUT2D eigenvalue weighted by Crippen LogP contribution is -2.61. The van der Waals surface area contributed by atoms with E-state index < -0.39 is 16.9 Å².